The van der Waals surface area contributed by atoms with E-state index in [0.717, 1.165) is 11.1 Å². The summed E-state index contributed by atoms with van der Waals surface area (Å²) in [5, 5.41) is 12.9. The minimum atomic E-state index is -4.34. The molecule has 5 nitrogen and oxygen atoms in total. The van der Waals surface area contributed by atoms with Gasteiger partial charge < -0.3 is 10.0 Å². The molecule has 0 bridgehead atoms. The molecular weight excluding hydrogens is 311 g/mol. The fourth-order valence-corrected chi connectivity index (χ4v) is 3.05. The van der Waals surface area contributed by atoms with Crippen LogP contribution in [0.3, 0.4) is 0 Å². The molecule has 1 aliphatic rings. The summed E-state index contributed by atoms with van der Waals surface area (Å²) in [6, 6.07) is 0. The second-order valence-electron chi connectivity index (χ2n) is 6.11. The van der Waals surface area contributed by atoms with Crippen LogP contribution in [-0.4, -0.2) is 51.6 Å². The van der Waals surface area contributed by atoms with Crippen LogP contribution < -0.4 is 0 Å². The monoisotopic (exact) mass is 333 g/mol. The SMILES string of the molecule is Cc1nn(CC(F)(F)F)c(C)c1CC(=O)N1CC[C@@H](CCO)C1. The topological polar surface area (TPSA) is 58.4 Å². The van der Waals surface area contributed by atoms with Crippen molar-refractivity contribution < 1.29 is 23.1 Å². The highest BCUT2D eigenvalue weighted by Gasteiger charge is 2.31. The highest BCUT2D eigenvalue weighted by molar-refractivity contribution is 5.79. The third-order valence-electron chi connectivity index (χ3n) is 4.36. The third kappa shape index (κ3) is 4.46. The lowest BCUT2D eigenvalue weighted by atomic mass is 10.1. The molecule has 1 aliphatic heterocycles. The van der Waals surface area contributed by atoms with Crippen molar-refractivity contribution in [1.82, 2.24) is 14.7 Å². The van der Waals surface area contributed by atoms with Crippen molar-refractivity contribution in [3.8, 4) is 0 Å². The van der Waals surface area contributed by atoms with Crippen molar-refractivity contribution in [2.24, 2.45) is 5.92 Å². The fourth-order valence-electron chi connectivity index (χ4n) is 3.05. The molecule has 0 saturated carbocycles. The first-order valence-corrected chi connectivity index (χ1v) is 7.69. The lowest BCUT2D eigenvalue weighted by Gasteiger charge is -2.16. The summed E-state index contributed by atoms with van der Waals surface area (Å²) in [7, 11) is 0. The number of alkyl halides is 3. The van der Waals surface area contributed by atoms with Gasteiger partial charge in [-0.1, -0.05) is 0 Å². The molecule has 1 aromatic heterocycles. The first-order valence-electron chi connectivity index (χ1n) is 7.69. The van der Waals surface area contributed by atoms with Crippen LogP contribution in [-0.2, 0) is 17.8 Å². The molecule has 1 N–H and O–H groups in total. The lowest BCUT2D eigenvalue weighted by molar-refractivity contribution is -0.143. The summed E-state index contributed by atoms with van der Waals surface area (Å²) >= 11 is 0. The third-order valence-corrected chi connectivity index (χ3v) is 4.36. The second kappa shape index (κ2) is 6.90. The van der Waals surface area contributed by atoms with Crippen molar-refractivity contribution in [3.05, 3.63) is 17.0 Å². The Kier molecular flexibility index (Phi) is 5.33. The van der Waals surface area contributed by atoms with Crippen LogP contribution in [0.4, 0.5) is 13.2 Å². The molecule has 1 amide bonds. The van der Waals surface area contributed by atoms with Gasteiger partial charge in [0.2, 0.25) is 5.91 Å². The molecule has 0 spiro atoms. The van der Waals surface area contributed by atoms with Crippen LogP contribution in [0.1, 0.15) is 29.8 Å². The van der Waals surface area contributed by atoms with Gasteiger partial charge in [-0.15, -0.1) is 0 Å². The Morgan fingerprint density at radius 3 is 2.70 bits per heavy atom. The van der Waals surface area contributed by atoms with E-state index in [4.69, 9.17) is 5.11 Å². The highest BCUT2D eigenvalue weighted by Crippen LogP contribution is 2.23. The van der Waals surface area contributed by atoms with Crippen LogP contribution in [0.5, 0.6) is 0 Å². The molecule has 1 aromatic rings. The smallest absolute Gasteiger partial charge is 0.396 e. The summed E-state index contributed by atoms with van der Waals surface area (Å²) < 4.78 is 38.5. The number of carbonyl (C=O) groups is 1. The van der Waals surface area contributed by atoms with E-state index >= 15 is 0 Å². The second-order valence-corrected chi connectivity index (χ2v) is 6.11. The zero-order chi connectivity index (χ0) is 17.2. The number of aliphatic hydroxyl groups is 1. The normalized spacial score (nSPS) is 18.7. The van der Waals surface area contributed by atoms with Gasteiger partial charge in [0.05, 0.1) is 12.1 Å². The first-order chi connectivity index (χ1) is 10.7. The van der Waals surface area contributed by atoms with E-state index in [9.17, 15) is 18.0 Å². The van der Waals surface area contributed by atoms with E-state index in [-0.39, 0.29) is 18.9 Å². The van der Waals surface area contributed by atoms with Crippen molar-refractivity contribution in [2.75, 3.05) is 19.7 Å². The molecule has 23 heavy (non-hydrogen) atoms. The van der Waals surface area contributed by atoms with Crippen LogP contribution in [0.15, 0.2) is 0 Å². The summed E-state index contributed by atoms with van der Waals surface area (Å²) in [6.07, 6.45) is -2.73. The van der Waals surface area contributed by atoms with Crippen LogP contribution in [0, 0.1) is 19.8 Å². The summed E-state index contributed by atoms with van der Waals surface area (Å²) in [4.78, 5) is 14.1. The molecule has 0 radical (unpaired) electrons. The largest absolute Gasteiger partial charge is 0.408 e. The minimum Gasteiger partial charge on any atom is -0.396 e. The molecule has 130 valence electrons. The van der Waals surface area contributed by atoms with Crippen LogP contribution >= 0.6 is 0 Å². The van der Waals surface area contributed by atoms with Gasteiger partial charge in [-0.25, -0.2) is 0 Å². The molecule has 0 unspecified atom stereocenters. The number of amides is 1. The fraction of sp³-hybridized carbons (Fsp3) is 0.733. The molecule has 1 atom stereocenters. The summed E-state index contributed by atoms with van der Waals surface area (Å²) in [5.74, 6) is 0.210. The molecule has 2 heterocycles. The standard InChI is InChI=1S/C15H22F3N3O2/c1-10-13(11(2)21(19-10)9-15(16,17)18)7-14(23)20-5-3-12(8-20)4-6-22/h12,22H,3-9H2,1-2H3/t12-/m0/s1. The van der Waals surface area contributed by atoms with Gasteiger partial charge in [-0.3, -0.25) is 9.48 Å². The molecule has 2 rings (SSSR count). The maximum Gasteiger partial charge on any atom is 0.408 e. The number of hydrogen-bond acceptors (Lipinski definition) is 3. The number of aryl methyl sites for hydroxylation is 1. The molecular formula is C15H22F3N3O2. The summed E-state index contributed by atoms with van der Waals surface area (Å²) in [5.41, 5.74) is 1.43. The lowest BCUT2D eigenvalue weighted by Crippen LogP contribution is -2.30. The maximum absolute atomic E-state index is 12.5. The number of aliphatic hydroxyl groups excluding tert-OH is 1. The van der Waals surface area contributed by atoms with Gasteiger partial charge in [0, 0.05) is 31.0 Å². The average molecular weight is 333 g/mol. The Bertz CT molecular complexity index is 569. The Balaban J connectivity index is 2.04. The van der Waals surface area contributed by atoms with Crippen molar-refractivity contribution in [2.45, 2.75) is 45.8 Å². The molecule has 0 aliphatic carbocycles. The number of hydrogen-bond donors (Lipinski definition) is 1. The van der Waals surface area contributed by atoms with Crippen molar-refractivity contribution >= 4 is 5.91 Å². The van der Waals surface area contributed by atoms with Crippen LogP contribution in [0.25, 0.3) is 0 Å². The van der Waals surface area contributed by atoms with E-state index in [2.05, 4.69) is 5.10 Å². The number of nitrogens with zero attached hydrogens (tertiary/aromatic N) is 3. The van der Waals surface area contributed by atoms with Gasteiger partial charge in [-0.2, -0.15) is 18.3 Å². The number of aromatic nitrogens is 2. The number of carbonyl (C=O) groups excluding carboxylic acids is 1. The predicted molar refractivity (Wildman–Crippen MR) is 77.8 cm³/mol. The van der Waals surface area contributed by atoms with Crippen molar-refractivity contribution in [1.29, 1.82) is 0 Å². The van der Waals surface area contributed by atoms with Crippen molar-refractivity contribution in [3.63, 3.8) is 0 Å². The summed E-state index contributed by atoms with van der Waals surface area (Å²) in [6.45, 7) is 3.39. The molecule has 8 heteroatoms. The zero-order valence-corrected chi connectivity index (χ0v) is 13.4. The van der Waals surface area contributed by atoms with Gasteiger partial charge in [0.15, 0.2) is 0 Å². The Labute approximate surface area is 133 Å². The van der Waals surface area contributed by atoms with Gasteiger partial charge >= 0.3 is 6.18 Å². The van der Waals surface area contributed by atoms with Gasteiger partial charge in [-0.05, 0) is 32.6 Å². The molecule has 1 fully saturated rings. The number of halogens is 3. The van der Waals surface area contributed by atoms with E-state index in [1.54, 1.807) is 18.7 Å². The predicted octanol–water partition coefficient (Wildman–Crippen LogP) is 1.84. The Hall–Kier alpha value is -1.57. The van der Waals surface area contributed by atoms with Crippen LogP contribution in [0.2, 0.25) is 0 Å². The maximum atomic E-state index is 12.5. The quantitative estimate of drug-likeness (QED) is 0.894. The average Bonchev–Trinajstić information content (AvgIpc) is 2.99. The first kappa shape index (κ1) is 17.8. The molecule has 0 aromatic carbocycles. The van der Waals surface area contributed by atoms with E-state index in [1.807, 2.05) is 0 Å². The molecule has 1 saturated heterocycles. The Morgan fingerprint density at radius 1 is 1.39 bits per heavy atom. The van der Waals surface area contributed by atoms with E-state index in [0.29, 0.717) is 42.4 Å². The van der Waals surface area contributed by atoms with E-state index in [1.165, 1.54) is 0 Å². The van der Waals surface area contributed by atoms with E-state index < -0.39 is 12.7 Å². The zero-order valence-electron chi connectivity index (χ0n) is 13.4. The number of likely N-dealkylation sites (tertiary alicyclic amines) is 1. The minimum absolute atomic E-state index is 0.0708. The number of rotatable bonds is 5. The highest BCUT2D eigenvalue weighted by atomic mass is 19.4. The van der Waals surface area contributed by atoms with Gasteiger partial charge in [0.1, 0.15) is 6.54 Å². The van der Waals surface area contributed by atoms with Gasteiger partial charge in [0.25, 0.3) is 0 Å². The Morgan fingerprint density at radius 2 is 2.09 bits per heavy atom.